The van der Waals surface area contributed by atoms with Crippen molar-refractivity contribution >= 4 is 41.1 Å². The molecule has 0 atom stereocenters. The maximum Gasteiger partial charge on any atom is 0.356 e. The standard InChI is InChI=1S/C21H23Cl2N3O2/c1-13(14-7-8-14)25-18(20(27)28-2)17(23)19(24)26-21(11-12-21)10-9-15-5-3-4-6-16(15)22/h3-6,9-10,14,25H,1,7-8,11-12H2,2H3,(H2,24,26)/b10-9+,18-17?. The van der Waals surface area contributed by atoms with Gasteiger partial charge in [-0.15, -0.1) is 0 Å². The minimum atomic E-state index is -0.610. The number of aliphatic imine (C=N–C) groups is 1. The van der Waals surface area contributed by atoms with Gasteiger partial charge in [0.15, 0.2) is 0 Å². The molecule has 1 aromatic carbocycles. The van der Waals surface area contributed by atoms with Gasteiger partial charge in [-0.05, 0) is 43.2 Å². The molecule has 0 saturated heterocycles. The molecular formula is C21H23Cl2N3O2. The fourth-order valence-electron chi connectivity index (χ4n) is 2.71. The summed E-state index contributed by atoms with van der Waals surface area (Å²) in [5.41, 5.74) is 7.39. The van der Waals surface area contributed by atoms with Crippen LogP contribution in [0.2, 0.25) is 5.02 Å². The predicted molar refractivity (Wildman–Crippen MR) is 114 cm³/mol. The van der Waals surface area contributed by atoms with Crippen LogP contribution < -0.4 is 11.1 Å². The van der Waals surface area contributed by atoms with Crippen molar-refractivity contribution in [2.24, 2.45) is 16.6 Å². The molecule has 0 aromatic heterocycles. The molecule has 0 heterocycles. The van der Waals surface area contributed by atoms with Crippen molar-refractivity contribution in [2.75, 3.05) is 7.11 Å². The summed E-state index contributed by atoms with van der Waals surface area (Å²) >= 11 is 12.6. The highest BCUT2D eigenvalue weighted by atomic mass is 35.5. The molecule has 2 fully saturated rings. The van der Waals surface area contributed by atoms with E-state index >= 15 is 0 Å². The van der Waals surface area contributed by atoms with Crippen LogP contribution in [-0.2, 0) is 9.53 Å². The summed E-state index contributed by atoms with van der Waals surface area (Å²) in [4.78, 5) is 16.7. The van der Waals surface area contributed by atoms with Crippen LogP contribution >= 0.6 is 23.2 Å². The van der Waals surface area contributed by atoms with E-state index in [0.29, 0.717) is 10.9 Å². The molecule has 2 aliphatic rings. The number of benzene rings is 1. The number of ether oxygens (including phenoxy) is 1. The Labute approximate surface area is 174 Å². The van der Waals surface area contributed by atoms with Gasteiger partial charge in [0.2, 0.25) is 0 Å². The molecule has 5 nitrogen and oxygen atoms in total. The number of halogens is 2. The molecule has 1 aromatic rings. The molecule has 0 bridgehead atoms. The first-order chi connectivity index (χ1) is 13.3. The maximum atomic E-state index is 12.2. The fraction of sp³-hybridized carbons (Fsp3) is 0.333. The van der Waals surface area contributed by atoms with Crippen molar-refractivity contribution in [3.63, 3.8) is 0 Å². The molecule has 3 N–H and O–H groups in total. The third-order valence-corrected chi connectivity index (χ3v) is 5.50. The first-order valence-corrected chi connectivity index (χ1v) is 9.84. The monoisotopic (exact) mass is 419 g/mol. The van der Waals surface area contributed by atoms with Gasteiger partial charge in [-0.3, -0.25) is 4.99 Å². The first-order valence-electron chi connectivity index (χ1n) is 9.08. The number of allylic oxidation sites excluding steroid dienone is 1. The quantitative estimate of drug-likeness (QED) is 0.283. The SMILES string of the molecule is C=C(NC(C(=O)OC)=C(Cl)C(N)=NC1(/C=C/c2ccccc2Cl)CC1)C1CC1. The lowest BCUT2D eigenvalue weighted by molar-refractivity contribution is -0.136. The van der Waals surface area contributed by atoms with Crippen LogP contribution in [0.4, 0.5) is 0 Å². The zero-order valence-corrected chi connectivity index (χ0v) is 17.2. The Bertz CT molecular complexity index is 881. The van der Waals surface area contributed by atoms with Gasteiger partial charge in [0.1, 0.15) is 16.6 Å². The molecule has 0 amide bonds. The summed E-state index contributed by atoms with van der Waals surface area (Å²) < 4.78 is 4.82. The fourth-order valence-corrected chi connectivity index (χ4v) is 3.07. The highest BCUT2D eigenvalue weighted by molar-refractivity contribution is 6.44. The molecule has 0 spiro atoms. The minimum absolute atomic E-state index is 0.0334. The average Bonchev–Trinajstić information content (AvgIpc) is 3.59. The van der Waals surface area contributed by atoms with E-state index in [2.05, 4.69) is 16.9 Å². The number of nitrogens with zero attached hydrogens (tertiary/aromatic N) is 1. The minimum Gasteiger partial charge on any atom is -0.464 e. The van der Waals surface area contributed by atoms with E-state index in [0.717, 1.165) is 36.9 Å². The molecule has 7 heteroatoms. The van der Waals surface area contributed by atoms with Gasteiger partial charge in [-0.2, -0.15) is 0 Å². The average molecular weight is 420 g/mol. The molecule has 3 rings (SSSR count). The van der Waals surface area contributed by atoms with Crippen molar-refractivity contribution in [2.45, 2.75) is 31.2 Å². The van der Waals surface area contributed by atoms with Crippen molar-refractivity contribution in [3.05, 3.63) is 63.9 Å². The number of rotatable bonds is 8. The number of nitrogens with two attached hydrogens (primary N) is 1. The normalized spacial score (nSPS) is 19.2. The molecule has 2 saturated carbocycles. The molecule has 0 aliphatic heterocycles. The van der Waals surface area contributed by atoms with E-state index in [1.165, 1.54) is 7.11 Å². The summed E-state index contributed by atoms with van der Waals surface area (Å²) in [5, 5.41) is 3.66. The van der Waals surface area contributed by atoms with Crippen molar-refractivity contribution in [1.29, 1.82) is 0 Å². The second-order valence-electron chi connectivity index (χ2n) is 7.06. The van der Waals surface area contributed by atoms with Crippen LogP contribution in [-0.4, -0.2) is 24.5 Å². The lowest BCUT2D eigenvalue weighted by Crippen LogP contribution is -2.27. The van der Waals surface area contributed by atoms with Gasteiger partial charge < -0.3 is 15.8 Å². The van der Waals surface area contributed by atoms with E-state index in [-0.39, 0.29) is 16.6 Å². The summed E-state index contributed by atoms with van der Waals surface area (Å²) in [6, 6.07) is 7.56. The highest BCUT2D eigenvalue weighted by Crippen LogP contribution is 2.42. The Kier molecular flexibility index (Phi) is 6.16. The molecule has 0 radical (unpaired) electrons. The second-order valence-corrected chi connectivity index (χ2v) is 7.85. The molecule has 28 heavy (non-hydrogen) atoms. The Morgan fingerprint density at radius 1 is 1.39 bits per heavy atom. The van der Waals surface area contributed by atoms with Crippen LogP contribution in [0.3, 0.4) is 0 Å². The number of hydrogen-bond donors (Lipinski definition) is 2. The van der Waals surface area contributed by atoms with Gasteiger partial charge in [0.25, 0.3) is 0 Å². The summed E-state index contributed by atoms with van der Waals surface area (Å²) in [5.74, 6) is -0.184. The third-order valence-electron chi connectivity index (χ3n) is 4.77. The Balaban J connectivity index is 1.82. The van der Waals surface area contributed by atoms with E-state index in [1.807, 2.05) is 36.4 Å². The number of hydrogen-bond acceptors (Lipinski definition) is 4. The van der Waals surface area contributed by atoms with Gasteiger partial charge in [-0.1, -0.05) is 60.1 Å². The summed E-state index contributed by atoms with van der Waals surface area (Å²) in [6.45, 7) is 3.96. The number of nitrogens with one attached hydrogen (secondary N) is 1. The smallest absolute Gasteiger partial charge is 0.356 e. The van der Waals surface area contributed by atoms with Crippen LogP contribution in [0.15, 0.2) is 58.3 Å². The van der Waals surface area contributed by atoms with Gasteiger partial charge in [0, 0.05) is 10.7 Å². The first kappa shape index (κ1) is 20.5. The van der Waals surface area contributed by atoms with E-state index in [4.69, 9.17) is 33.7 Å². The number of methoxy groups -OCH3 is 1. The number of amidine groups is 1. The molecular weight excluding hydrogens is 397 g/mol. The zero-order valence-electron chi connectivity index (χ0n) is 15.7. The topological polar surface area (TPSA) is 76.7 Å². The highest BCUT2D eigenvalue weighted by Gasteiger charge is 2.40. The van der Waals surface area contributed by atoms with Crippen LogP contribution in [0.25, 0.3) is 6.08 Å². The molecule has 2 aliphatic carbocycles. The van der Waals surface area contributed by atoms with E-state index < -0.39 is 11.5 Å². The Morgan fingerprint density at radius 3 is 2.64 bits per heavy atom. The summed E-state index contributed by atoms with van der Waals surface area (Å²) in [7, 11) is 1.29. The van der Waals surface area contributed by atoms with E-state index in [1.54, 1.807) is 0 Å². The van der Waals surface area contributed by atoms with E-state index in [9.17, 15) is 4.79 Å². The number of carbonyl (C=O) groups excluding carboxylic acids is 1. The van der Waals surface area contributed by atoms with Gasteiger partial charge >= 0.3 is 5.97 Å². The largest absolute Gasteiger partial charge is 0.464 e. The molecule has 0 unspecified atom stereocenters. The van der Waals surface area contributed by atoms with Gasteiger partial charge in [0.05, 0.1) is 12.6 Å². The van der Waals surface area contributed by atoms with Crippen molar-refractivity contribution < 1.29 is 9.53 Å². The maximum absolute atomic E-state index is 12.2. The van der Waals surface area contributed by atoms with Gasteiger partial charge in [-0.25, -0.2) is 4.79 Å². The number of carbonyl (C=O) groups is 1. The van der Waals surface area contributed by atoms with Crippen molar-refractivity contribution in [3.8, 4) is 0 Å². The molecule has 148 valence electrons. The van der Waals surface area contributed by atoms with Crippen molar-refractivity contribution in [1.82, 2.24) is 5.32 Å². The zero-order chi connectivity index (χ0) is 20.3. The Morgan fingerprint density at radius 2 is 2.07 bits per heavy atom. The second kappa shape index (κ2) is 8.41. The lowest BCUT2D eigenvalue weighted by Gasteiger charge is -2.14. The Hall–Kier alpha value is -2.24. The van der Waals surface area contributed by atoms with Crippen LogP contribution in [0, 0.1) is 5.92 Å². The summed E-state index contributed by atoms with van der Waals surface area (Å²) in [6.07, 6.45) is 7.66. The van der Waals surface area contributed by atoms with Crippen LogP contribution in [0.1, 0.15) is 31.2 Å². The lowest BCUT2D eigenvalue weighted by atomic mass is 10.1. The number of esters is 1. The van der Waals surface area contributed by atoms with Crippen LogP contribution in [0.5, 0.6) is 0 Å². The third kappa shape index (κ3) is 4.97. The predicted octanol–water partition coefficient (Wildman–Crippen LogP) is 4.38.